The van der Waals surface area contributed by atoms with Crippen LogP contribution in [0.15, 0.2) is 42.5 Å². The number of ketones is 1. The molecule has 1 N–H and O–H groups in total. The van der Waals surface area contributed by atoms with Gasteiger partial charge in [-0.05, 0) is 37.6 Å². The molecular weight excluding hydrogens is 241 g/mol. The van der Waals surface area contributed by atoms with Crippen molar-refractivity contribution >= 4 is 11.5 Å². The first kappa shape index (κ1) is 13.3. The van der Waals surface area contributed by atoms with Gasteiger partial charge < -0.3 is 5.32 Å². The number of Topliss-reactive ketones (excluding diaryl/α,β-unsaturated/α-hetero) is 1. The molecule has 0 bridgehead atoms. The van der Waals surface area contributed by atoms with Crippen LogP contribution in [0.25, 0.3) is 11.1 Å². The summed E-state index contributed by atoms with van der Waals surface area (Å²) in [5.74, 6) is -0.503. The molecule has 0 spiro atoms. The van der Waals surface area contributed by atoms with Gasteiger partial charge in [0.25, 0.3) is 0 Å². The van der Waals surface area contributed by atoms with Gasteiger partial charge in [-0.1, -0.05) is 24.3 Å². The van der Waals surface area contributed by atoms with Crippen LogP contribution < -0.4 is 5.32 Å². The molecule has 0 aliphatic heterocycles. The summed E-state index contributed by atoms with van der Waals surface area (Å²) in [6, 6.07) is 12.1. The maximum Gasteiger partial charge on any atom is 0.159 e. The summed E-state index contributed by atoms with van der Waals surface area (Å²) >= 11 is 0. The van der Waals surface area contributed by atoms with Crippen molar-refractivity contribution in [3.05, 3.63) is 53.8 Å². The number of rotatable bonds is 4. The number of carbonyl (C=O) groups is 1. The van der Waals surface area contributed by atoms with Gasteiger partial charge in [-0.3, -0.25) is 4.79 Å². The van der Waals surface area contributed by atoms with Crippen LogP contribution in [0.2, 0.25) is 0 Å². The highest BCUT2D eigenvalue weighted by Crippen LogP contribution is 2.25. The van der Waals surface area contributed by atoms with Crippen LogP contribution in [0.4, 0.5) is 10.1 Å². The lowest BCUT2D eigenvalue weighted by atomic mass is 10.0. The van der Waals surface area contributed by atoms with Gasteiger partial charge in [0.05, 0.1) is 0 Å². The van der Waals surface area contributed by atoms with Crippen LogP contribution in [-0.4, -0.2) is 12.3 Å². The van der Waals surface area contributed by atoms with Crippen LogP contribution in [-0.2, 0) is 0 Å². The Hall–Kier alpha value is -2.16. The molecule has 0 aromatic heterocycles. The van der Waals surface area contributed by atoms with Gasteiger partial charge in [0.2, 0.25) is 0 Å². The monoisotopic (exact) mass is 257 g/mol. The summed E-state index contributed by atoms with van der Waals surface area (Å²) in [6.07, 6.45) is 0. The van der Waals surface area contributed by atoms with E-state index in [2.05, 4.69) is 5.32 Å². The first-order valence-corrected chi connectivity index (χ1v) is 6.26. The summed E-state index contributed by atoms with van der Waals surface area (Å²) in [4.78, 5) is 11.2. The topological polar surface area (TPSA) is 29.1 Å². The SMILES string of the molecule is CCNc1ccc(-c2ccc(C(C)=O)cc2F)cc1. The lowest BCUT2D eigenvalue weighted by Crippen LogP contribution is -1.96. The van der Waals surface area contributed by atoms with E-state index in [1.54, 1.807) is 12.1 Å². The molecule has 98 valence electrons. The second kappa shape index (κ2) is 5.65. The average molecular weight is 257 g/mol. The lowest BCUT2D eigenvalue weighted by Gasteiger charge is -2.07. The fourth-order valence-corrected chi connectivity index (χ4v) is 1.94. The molecule has 2 nitrogen and oxygen atoms in total. The summed E-state index contributed by atoms with van der Waals surface area (Å²) < 4.78 is 14.0. The third-order valence-corrected chi connectivity index (χ3v) is 2.95. The first-order chi connectivity index (χ1) is 9.11. The smallest absolute Gasteiger partial charge is 0.159 e. The standard InChI is InChI=1S/C16H16FNO/c1-3-18-14-7-4-12(5-8-14)15-9-6-13(11(2)19)10-16(15)17/h4-10,18H,3H2,1-2H3. The minimum atomic E-state index is -0.371. The molecule has 19 heavy (non-hydrogen) atoms. The number of anilines is 1. The number of benzene rings is 2. The van der Waals surface area contributed by atoms with E-state index in [1.807, 2.05) is 31.2 Å². The van der Waals surface area contributed by atoms with Crippen LogP contribution in [0, 0.1) is 5.82 Å². The van der Waals surface area contributed by atoms with Crippen LogP contribution >= 0.6 is 0 Å². The molecule has 0 aliphatic rings. The molecule has 0 amide bonds. The zero-order valence-corrected chi connectivity index (χ0v) is 11.0. The summed E-state index contributed by atoms with van der Waals surface area (Å²) in [6.45, 7) is 4.30. The second-order valence-corrected chi connectivity index (χ2v) is 4.36. The molecule has 3 heteroatoms. The van der Waals surface area contributed by atoms with Gasteiger partial charge in [0.1, 0.15) is 5.82 Å². The highest BCUT2D eigenvalue weighted by molar-refractivity contribution is 5.94. The molecule has 0 aliphatic carbocycles. The van der Waals surface area contributed by atoms with Gasteiger partial charge in [-0.2, -0.15) is 0 Å². The Morgan fingerprint density at radius 1 is 1.16 bits per heavy atom. The van der Waals surface area contributed by atoms with Gasteiger partial charge in [0.15, 0.2) is 5.78 Å². The Labute approximate surface area is 112 Å². The summed E-state index contributed by atoms with van der Waals surface area (Å²) in [5, 5.41) is 3.19. The Balaban J connectivity index is 2.33. The van der Waals surface area contributed by atoms with E-state index in [4.69, 9.17) is 0 Å². The average Bonchev–Trinajstić information content (AvgIpc) is 2.40. The molecule has 0 saturated carbocycles. The van der Waals surface area contributed by atoms with Crippen molar-refractivity contribution in [1.29, 1.82) is 0 Å². The number of halogens is 1. The van der Waals surface area contributed by atoms with Gasteiger partial charge >= 0.3 is 0 Å². The van der Waals surface area contributed by atoms with Crippen molar-refractivity contribution < 1.29 is 9.18 Å². The third kappa shape index (κ3) is 2.99. The highest BCUT2D eigenvalue weighted by Gasteiger charge is 2.08. The normalized spacial score (nSPS) is 10.3. The van der Waals surface area contributed by atoms with E-state index in [1.165, 1.54) is 13.0 Å². The maximum atomic E-state index is 14.0. The molecule has 0 radical (unpaired) electrons. The number of nitrogens with one attached hydrogen (secondary N) is 1. The predicted octanol–water partition coefficient (Wildman–Crippen LogP) is 4.13. The van der Waals surface area contributed by atoms with Crippen molar-refractivity contribution in [2.24, 2.45) is 0 Å². The van der Waals surface area contributed by atoms with Crippen LogP contribution in [0.5, 0.6) is 0 Å². The van der Waals surface area contributed by atoms with E-state index < -0.39 is 0 Å². The largest absolute Gasteiger partial charge is 0.385 e. The molecule has 2 aromatic carbocycles. The van der Waals surface area contributed by atoms with Crippen molar-refractivity contribution in [1.82, 2.24) is 0 Å². The van der Waals surface area contributed by atoms with E-state index in [-0.39, 0.29) is 11.6 Å². The molecular formula is C16H16FNO. The number of hydrogen-bond donors (Lipinski definition) is 1. The minimum absolute atomic E-state index is 0.132. The molecule has 0 fully saturated rings. The Morgan fingerprint density at radius 2 is 1.84 bits per heavy atom. The van der Waals surface area contributed by atoms with Gasteiger partial charge in [0, 0.05) is 23.4 Å². The molecule has 2 rings (SSSR count). The van der Waals surface area contributed by atoms with Crippen molar-refractivity contribution in [2.75, 3.05) is 11.9 Å². The molecule has 0 unspecified atom stereocenters. The molecule has 0 atom stereocenters. The quantitative estimate of drug-likeness (QED) is 0.834. The zero-order valence-electron chi connectivity index (χ0n) is 11.0. The van der Waals surface area contributed by atoms with Crippen molar-refractivity contribution in [3.63, 3.8) is 0 Å². The first-order valence-electron chi connectivity index (χ1n) is 6.26. The maximum absolute atomic E-state index is 14.0. The summed E-state index contributed by atoms with van der Waals surface area (Å²) in [7, 11) is 0. The lowest BCUT2D eigenvalue weighted by molar-refractivity contribution is 0.101. The molecule has 0 heterocycles. The van der Waals surface area contributed by atoms with Crippen LogP contribution in [0.3, 0.4) is 0 Å². The van der Waals surface area contributed by atoms with E-state index >= 15 is 0 Å². The van der Waals surface area contributed by atoms with E-state index in [0.717, 1.165) is 17.8 Å². The van der Waals surface area contributed by atoms with Crippen molar-refractivity contribution in [3.8, 4) is 11.1 Å². The predicted molar refractivity (Wildman–Crippen MR) is 76.0 cm³/mol. The summed E-state index contributed by atoms with van der Waals surface area (Å²) in [5.41, 5.74) is 2.71. The van der Waals surface area contributed by atoms with Crippen molar-refractivity contribution in [2.45, 2.75) is 13.8 Å². The van der Waals surface area contributed by atoms with E-state index in [9.17, 15) is 9.18 Å². The second-order valence-electron chi connectivity index (χ2n) is 4.36. The fourth-order valence-electron chi connectivity index (χ4n) is 1.94. The Bertz CT molecular complexity index is 590. The molecule has 2 aromatic rings. The Kier molecular flexibility index (Phi) is 3.95. The number of carbonyl (C=O) groups excluding carboxylic acids is 1. The minimum Gasteiger partial charge on any atom is -0.385 e. The van der Waals surface area contributed by atoms with Gasteiger partial charge in [-0.25, -0.2) is 4.39 Å². The molecule has 0 saturated heterocycles. The Morgan fingerprint density at radius 3 is 2.37 bits per heavy atom. The van der Waals surface area contributed by atoms with Gasteiger partial charge in [-0.15, -0.1) is 0 Å². The van der Waals surface area contributed by atoms with Crippen LogP contribution in [0.1, 0.15) is 24.2 Å². The zero-order chi connectivity index (χ0) is 13.8. The number of hydrogen-bond acceptors (Lipinski definition) is 2. The third-order valence-electron chi connectivity index (χ3n) is 2.95. The fraction of sp³-hybridized carbons (Fsp3) is 0.188. The highest BCUT2D eigenvalue weighted by atomic mass is 19.1. The van der Waals surface area contributed by atoms with E-state index in [0.29, 0.717) is 11.1 Å².